The molecule has 66 heavy (non-hydrogen) atoms. The van der Waals surface area contributed by atoms with E-state index in [1.165, 1.54) is 22.8 Å². The van der Waals surface area contributed by atoms with Crippen LogP contribution in [-0.4, -0.2) is 77.1 Å². The van der Waals surface area contributed by atoms with Crippen LogP contribution in [0.3, 0.4) is 0 Å². The van der Waals surface area contributed by atoms with E-state index in [1.54, 1.807) is 18.2 Å². The Morgan fingerprint density at radius 1 is 1.11 bits per heavy atom. The Bertz CT molecular complexity index is 2710. The van der Waals surface area contributed by atoms with E-state index < -0.39 is 41.5 Å². The van der Waals surface area contributed by atoms with Gasteiger partial charge in [-0.2, -0.15) is 0 Å². The number of phenolic OH excluding ortho intramolecular Hbond substituents is 2. The number of nitrogens with one attached hydrogen (secondary N) is 4. The summed E-state index contributed by atoms with van der Waals surface area (Å²) in [7, 11) is 1.83. The number of hydrogen-bond acceptors (Lipinski definition) is 14. The first-order chi connectivity index (χ1) is 31.9. The van der Waals surface area contributed by atoms with Crippen molar-refractivity contribution in [1.82, 2.24) is 21.3 Å². The van der Waals surface area contributed by atoms with Crippen LogP contribution in [0.25, 0.3) is 11.0 Å². The summed E-state index contributed by atoms with van der Waals surface area (Å²) in [6.07, 6.45) is 11.0. The second-order valence-corrected chi connectivity index (χ2v) is 19.6. The van der Waals surface area contributed by atoms with Crippen molar-refractivity contribution in [3.63, 3.8) is 0 Å². The Hall–Kier alpha value is -5.54. The summed E-state index contributed by atoms with van der Waals surface area (Å²) in [5.41, 5.74) is 14.1. The zero-order valence-corrected chi connectivity index (χ0v) is 38.3. The molecule has 0 spiro atoms. The van der Waals surface area contributed by atoms with E-state index in [1.807, 2.05) is 27.0 Å². The molecule has 0 amide bonds. The molecule has 2 fully saturated rings. The van der Waals surface area contributed by atoms with Gasteiger partial charge in [0, 0.05) is 65.7 Å². The number of carbonyl (C=O) groups excluding carboxylic acids is 1. The molecule has 14 nitrogen and oxygen atoms in total. The molecule has 2 aliphatic carbocycles. The molecule has 9 atom stereocenters. The summed E-state index contributed by atoms with van der Waals surface area (Å²) in [5.74, 6) is -2.15. The van der Waals surface area contributed by atoms with Gasteiger partial charge in [0.25, 0.3) is 0 Å². The number of dihydropyridines is 2. The predicted molar refractivity (Wildman–Crippen MR) is 249 cm³/mol. The number of aryl methyl sites for hydroxylation is 1. The third kappa shape index (κ3) is 7.14. The molecule has 350 valence electrons. The molecular weight excluding hydrogens is 839 g/mol. The van der Waals surface area contributed by atoms with E-state index in [-0.39, 0.29) is 76.5 Å². The number of piperidine rings is 1. The first kappa shape index (κ1) is 44.3. The van der Waals surface area contributed by atoms with Crippen LogP contribution in [0.15, 0.2) is 91.1 Å². The number of aliphatic hydroxyl groups is 2. The first-order valence-corrected chi connectivity index (χ1v) is 23.8. The van der Waals surface area contributed by atoms with E-state index in [0.717, 1.165) is 48.0 Å². The Labute approximate surface area is 384 Å². The van der Waals surface area contributed by atoms with Gasteiger partial charge in [-0.25, -0.2) is 4.79 Å². The lowest BCUT2D eigenvalue weighted by molar-refractivity contribution is -0.169. The molecule has 2 aromatic carbocycles. The number of aromatic hydroxyl groups is 2. The molecule has 3 aromatic rings. The standard InChI is InChI=1S/C52H63N5O9/c1-5-26(14-16-54-4)51(63)65-41-21-37-46(62)44-40(61)20-30(23-58)64-48(44)45-42-35-15-17-55-49(53)43(35)33(11-8-27-7-9-29(60)19-36(27)38(42)24-59)32-13-12-31-28(18-39(32)52(41,3)66-47(37)45)22-56-50-34(31)10-6-25(2)57-50/h5,7,9,15,19-20,22,25,32-33,38-39,41-42,50,54-60,62H,6,8,10-14,16-18,21,23-24,53H2,1-4H3/b26-5-/t25-,32+,33+,38+,39+,41-,42+,50?,52+/m1/s1. The molecule has 1 unspecified atom stereocenters. The Morgan fingerprint density at radius 3 is 2.71 bits per heavy atom. The zero-order chi connectivity index (χ0) is 46.2. The van der Waals surface area contributed by atoms with E-state index >= 15 is 0 Å². The number of rotatable bonds is 7. The molecule has 7 aliphatic rings. The molecule has 0 radical (unpaired) electrons. The molecular formula is C52H63N5O9. The van der Waals surface area contributed by atoms with Crippen LogP contribution in [0.5, 0.6) is 17.2 Å². The minimum atomic E-state index is -1.26. The Morgan fingerprint density at radius 2 is 1.94 bits per heavy atom. The second kappa shape index (κ2) is 17.3. The largest absolute Gasteiger partial charge is 0.508 e. The number of ether oxygens (including phenoxy) is 2. The Kier molecular flexibility index (Phi) is 11.6. The van der Waals surface area contributed by atoms with Crippen molar-refractivity contribution in [3.05, 3.63) is 120 Å². The molecule has 10 N–H and O–H groups in total. The number of aliphatic hydroxyl groups excluding tert-OH is 2. The van der Waals surface area contributed by atoms with Gasteiger partial charge in [0.1, 0.15) is 58.1 Å². The van der Waals surface area contributed by atoms with Gasteiger partial charge < -0.3 is 56.0 Å². The van der Waals surface area contributed by atoms with Gasteiger partial charge in [-0.15, -0.1) is 0 Å². The van der Waals surface area contributed by atoms with Crippen molar-refractivity contribution in [2.75, 3.05) is 26.7 Å². The van der Waals surface area contributed by atoms with Crippen LogP contribution in [0, 0.1) is 17.8 Å². The summed E-state index contributed by atoms with van der Waals surface area (Å²) < 4.78 is 21.0. The average molecular weight is 902 g/mol. The fourth-order valence-corrected chi connectivity index (χ4v) is 12.9. The van der Waals surface area contributed by atoms with Crippen molar-refractivity contribution in [2.24, 2.45) is 23.5 Å². The number of hydrogen-bond donors (Lipinski definition) is 9. The monoisotopic (exact) mass is 901 g/mol. The highest BCUT2D eigenvalue weighted by Crippen LogP contribution is 2.61. The summed E-state index contributed by atoms with van der Waals surface area (Å²) in [4.78, 5) is 28.8. The smallest absolute Gasteiger partial charge is 0.334 e. The van der Waals surface area contributed by atoms with Crippen LogP contribution >= 0.6 is 0 Å². The van der Waals surface area contributed by atoms with Gasteiger partial charge in [0.05, 0.1) is 12.8 Å². The van der Waals surface area contributed by atoms with Crippen molar-refractivity contribution < 1.29 is 39.1 Å². The second-order valence-electron chi connectivity index (χ2n) is 19.6. The summed E-state index contributed by atoms with van der Waals surface area (Å²) in [5, 5.41) is 60.0. The summed E-state index contributed by atoms with van der Waals surface area (Å²) in [6, 6.07) is 6.89. The maximum absolute atomic E-state index is 14.5. The highest BCUT2D eigenvalue weighted by Gasteiger charge is 2.58. The van der Waals surface area contributed by atoms with Gasteiger partial charge in [0.15, 0.2) is 5.43 Å². The van der Waals surface area contributed by atoms with Crippen LogP contribution in [0.2, 0.25) is 0 Å². The molecule has 4 bridgehead atoms. The molecule has 14 heteroatoms. The van der Waals surface area contributed by atoms with Crippen molar-refractivity contribution in [2.45, 2.75) is 121 Å². The van der Waals surface area contributed by atoms with E-state index in [4.69, 9.17) is 19.6 Å². The maximum Gasteiger partial charge on any atom is 0.334 e. The topological polar surface area (TPSA) is 221 Å². The number of esters is 1. The minimum absolute atomic E-state index is 0.00818. The van der Waals surface area contributed by atoms with Crippen LogP contribution in [-0.2, 0) is 29.0 Å². The minimum Gasteiger partial charge on any atom is -0.508 e. The van der Waals surface area contributed by atoms with Crippen LogP contribution in [0.4, 0.5) is 0 Å². The quantitative estimate of drug-likeness (QED) is 0.109. The molecule has 10 rings (SSSR count). The molecule has 5 aliphatic heterocycles. The highest BCUT2D eigenvalue weighted by molar-refractivity contribution is 5.92. The van der Waals surface area contributed by atoms with Crippen molar-refractivity contribution in [1.29, 1.82) is 0 Å². The normalized spacial score (nSPS) is 30.2. The number of carbonyl (C=O) groups is 1. The van der Waals surface area contributed by atoms with E-state index in [0.29, 0.717) is 61.8 Å². The highest BCUT2D eigenvalue weighted by atomic mass is 16.6. The Balaban J connectivity index is 1.31. The number of fused-ring (bicyclic) bond motifs is 10. The lowest BCUT2D eigenvalue weighted by Gasteiger charge is -2.52. The SMILES string of the molecule is C/C=C(/CCNC)C(=O)O[C@@H]1Cc2c3c(c4oc(CO)cc(=O)c4c2O)[C@H]2C4=CCNC(N)=C4[C@@H](CCc4ccc(O)cc4[C@@H]2CO)[C@@H]2CCC4=C5CC[C@@H](C)NC5NC=C4C[C@@H]2[C@]1(C)O3. The van der Waals surface area contributed by atoms with Crippen LogP contribution < -0.4 is 37.2 Å². The lowest BCUT2D eigenvalue weighted by Crippen LogP contribution is -2.59. The fraction of sp³-hybridized carbons (Fsp3) is 0.500. The predicted octanol–water partition coefficient (Wildman–Crippen LogP) is 5.29. The molecule has 6 heterocycles. The lowest BCUT2D eigenvalue weighted by atomic mass is 9.61. The number of allylic oxidation sites excluding steroid dienone is 5. The van der Waals surface area contributed by atoms with Gasteiger partial charge in [-0.05, 0) is 149 Å². The van der Waals surface area contributed by atoms with Crippen LogP contribution in [0.1, 0.15) is 106 Å². The third-order valence-corrected chi connectivity index (χ3v) is 16.2. The molecule has 1 saturated carbocycles. The summed E-state index contributed by atoms with van der Waals surface area (Å²) in [6.45, 7) is 6.07. The fourth-order valence-electron chi connectivity index (χ4n) is 12.9. The molecule has 1 saturated heterocycles. The summed E-state index contributed by atoms with van der Waals surface area (Å²) >= 11 is 0. The number of phenols is 2. The number of benzene rings is 2. The van der Waals surface area contributed by atoms with E-state index in [9.17, 15) is 30.0 Å². The van der Waals surface area contributed by atoms with Gasteiger partial charge in [-0.1, -0.05) is 18.2 Å². The number of nitrogens with two attached hydrogens (primary N) is 1. The van der Waals surface area contributed by atoms with Gasteiger partial charge >= 0.3 is 5.97 Å². The maximum atomic E-state index is 14.5. The third-order valence-electron chi connectivity index (χ3n) is 16.2. The first-order valence-electron chi connectivity index (χ1n) is 23.8. The van der Waals surface area contributed by atoms with E-state index in [2.05, 4.69) is 40.5 Å². The van der Waals surface area contributed by atoms with Gasteiger partial charge in [0.2, 0.25) is 0 Å². The van der Waals surface area contributed by atoms with Crippen molar-refractivity contribution in [3.8, 4) is 17.2 Å². The zero-order valence-electron chi connectivity index (χ0n) is 38.3. The van der Waals surface area contributed by atoms with Crippen molar-refractivity contribution >= 4 is 16.9 Å². The average Bonchev–Trinajstić information content (AvgIpc) is 3.47. The molecule has 1 aromatic heterocycles. The van der Waals surface area contributed by atoms with Gasteiger partial charge in [-0.3, -0.25) is 10.1 Å².